The molecule has 1 amide bonds. The monoisotopic (exact) mass is 374 g/mol. The molecule has 0 atom stereocenters. The Balaban J connectivity index is 1.70. The molecule has 1 saturated heterocycles. The summed E-state index contributed by atoms with van der Waals surface area (Å²) in [6.07, 6.45) is 1.74. The smallest absolute Gasteiger partial charge is 0.410 e. The van der Waals surface area contributed by atoms with Crippen molar-refractivity contribution in [2.45, 2.75) is 52.7 Å². The second-order valence-corrected chi connectivity index (χ2v) is 8.20. The van der Waals surface area contributed by atoms with E-state index in [1.165, 1.54) is 11.1 Å². The number of carbonyl (C=O) groups excluding carboxylic acids is 1. The topological polar surface area (TPSA) is 66.0 Å². The molecule has 0 aromatic heterocycles. The molecule has 150 valence electrons. The predicted octanol–water partition coefficient (Wildman–Crippen LogP) is 3.31. The molecule has 1 heterocycles. The lowest BCUT2D eigenvalue weighted by atomic mass is 9.97. The largest absolute Gasteiger partial charge is 0.444 e. The molecule has 0 saturated carbocycles. The Morgan fingerprint density at radius 3 is 2.37 bits per heavy atom. The van der Waals surface area contributed by atoms with Crippen LogP contribution in [0.3, 0.4) is 0 Å². The number of hydrogen-bond acceptors (Lipinski definition) is 3. The molecule has 1 fully saturated rings. The van der Waals surface area contributed by atoms with E-state index in [1.54, 1.807) is 7.05 Å². The van der Waals surface area contributed by atoms with Gasteiger partial charge in [0, 0.05) is 33.2 Å². The first kappa shape index (κ1) is 21.1. The van der Waals surface area contributed by atoms with Crippen LogP contribution in [0, 0.1) is 12.8 Å². The van der Waals surface area contributed by atoms with Gasteiger partial charge in [0.1, 0.15) is 5.60 Å². The quantitative estimate of drug-likeness (QED) is 0.627. The van der Waals surface area contributed by atoms with Gasteiger partial charge in [-0.3, -0.25) is 4.99 Å². The van der Waals surface area contributed by atoms with Crippen molar-refractivity contribution in [2.24, 2.45) is 10.9 Å². The number of hydrogen-bond donors (Lipinski definition) is 2. The van der Waals surface area contributed by atoms with Crippen LogP contribution in [0.1, 0.15) is 44.7 Å². The molecule has 1 aliphatic rings. The second-order valence-electron chi connectivity index (χ2n) is 8.20. The molecule has 1 aliphatic heterocycles. The van der Waals surface area contributed by atoms with E-state index >= 15 is 0 Å². The summed E-state index contributed by atoms with van der Waals surface area (Å²) in [5.41, 5.74) is 2.05. The van der Waals surface area contributed by atoms with Gasteiger partial charge in [-0.15, -0.1) is 0 Å². The molecular weight excluding hydrogens is 340 g/mol. The van der Waals surface area contributed by atoms with Gasteiger partial charge in [0.2, 0.25) is 0 Å². The summed E-state index contributed by atoms with van der Waals surface area (Å²) in [7, 11) is 1.79. The Morgan fingerprint density at radius 1 is 1.19 bits per heavy atom. The Labute approximate surface area is 163 Å². The number of piperidine rings is 1. The van der Waals surface area contributed by atoms with Gasteiger partial charge in [0.25, 0.3) is 0 Å². The fourth-order valence-corrected chi connectivity index (χ4v) is 3.00. The van der Waals surface area contributed by atoms with Gasteiger partial charge >= 0.3 is 6.09 Å². The van der Waals surface area contributed by atoms with Gasteiger partial charge < -0.3 is 20.3 Å². The van der Waals surface area contributed by atoms with Crippen molar-refractivity contribution >= 4 is 12.1 Å². The minimum absolute atomic E-state index is 0.204. The van der Waals surface area contributed by atoms with E-state index < -0.39 is 5.60 Å². The molecule has 0 spiro atoms. The number of aryl methyl sites for hydroxylation is 1. The van der Waals surface area contributed by atoms with Crippen LogP contribution >= 0.6 is 0 Å². The van der Waals surface area contributed by atoms with Crippen LogP contribution in [-0.4, -0.2) is 49.2 Å². The fourth-order valence-electron chi connectivity index (χ4n) is 3.00. The van der Waals surface area contributed by atoms with E-state index in [9.17, 15) is 4.79 Å². The predicted molar refractivity (Wildman–Crippen MR) is 110 cm³/mol. The van der Waals surface area contributed by atoms with Crippen LogP contribution in [0.25, 0.3) is 0 Å². The summed E-state index contributed by atoms with van der Waals surface area (Å²) in [5.74, 6) is 1.34. The number of benzene rings is 1. The zero-order chi connectivity index (χ0) is 19.9. The van der Waals surface area contributed by atoms with Crippen LogP contribution in [-0.2, 0) is 11.3 Å². The first-order valence-corrected chi connectivity index (χ1v) is 9.75. The molecule has 0 unspecified atom stereocenters. The van der Waals surface area contributed by atoms with Crippen molar-refractivity contribution in [3.05, 3.63) is 35.4 Å². The van der Waals surface area contributed by atoms with Gasteiger partial charge in [-0.1, -0.05) is 29.8 Å². The molecule has 0 radical (unpaired) electrons. The number of nitrogens with one attached hydrogen (secondary N) is 2. The van der Waals surface area contributed by atoms with E-state index in [2.05, 4.69) is 46.8 Å². The van der Waals surface area contributed by atoms with Crippen molar-refractivity contribution in [3.63, 3.8) is 0 Å². The molecule has 0 bridgehead atoms. The number of ether oxygens (including phenoxy) is 1. The van der Waals surface area contributed by atoms with E-state index in [0.717, 1.165) is 45.0 Å². The van der Waals surface area contributed by atoms with Gasteiger partial charge in [-0.25, -0.2) is 4.79 Å². The summed E-state index contributed by atoms with van der Waals surface area (Å²) in [6.45, 7) is 10.9. The Bertz CT molecular complexity index is 627. The van der Waals surface area contributed by atoms with Crippen LogP contribution < -0.4 is 10.6 Å². The third-order valence-electron chi connectivity index (χ3n) is 4.63. The summed E-state index contributed by atoms with van der Waals surface area (Å²) in [6, 6.07) is 8.49. The molecule has 1 aromatic carbocycles. The zero-order valence-electron chi connectivity index (χ0n) is 17.3. The highest BCUT2D eigenvalue weighted by Crippen LogP contribution is 2.19. The van der Waals surface area contributed by atoms with Crippen molar-refractivity contribution in [3.8, 4) is 0 Å². The SMILES string of the molecule is CN=C(NCc1ccc(C)cc1)NCC1CCN(C(=O)OC(C)(C)C)CC1. The molecule has 2 N–H and O–H groups in total. The van der Waals surface area contributed by atoms with Crippen LogP contribution in [0.4, 0.5) is 4.79 Å². The lowest BCUT2D eigenvalue weighted by Crippen LogP contribution is -2.45. The number of guanidine groups is 1. The second kappa shape index (κ2) is 9.62. The van der Waals surface area contributed by atoms with Crippen LogP contribution in [0.5, 0.6) is 0 Å². The van der Waals surface area contributed by atoms with Crippen molar-refractivity contribution in [1.29, 1.82) is 0 Å². The minimum atomic E-state index is -0.439. The highest BCUT2D eigenvalue weighted by Gasteiger charge is 2.26. The maximum Gasteiger partial charge on any atom is 0.410 e. The van der Waals surface area contributed by atoms with Crippen molar-refractivity contribution in [2.75, 3.05) is 26.7 Å². The van der Waals surface area contributed by atoms with Crippen molar-refractivity contribution < 1.29 is 9.53 Å². The first-order chi connectivity index (χ1) is 12.8. The Hall–Kier alpha value is -2.24. The molecule has 0 aliphatic carbocycles. The number of rotatable bonds is 4. The lowest BCUT2D eigenvalue weighted by Gasteiger charge is -2.33. The molecule has 6 heteroatoms. The average Bonchev–Trinajstić information content (AvgIpc) is 2.62. The fraction of sp³-hybridized carbons (Fsp3) is 0.619. The normalized spacial score (nSPS) is 16.2. The summed E-state index contributed by atoms with van der Waals surface area (Å²) in [5, 5.41) is 6.76. The standard InChI is InChI=1S/C21H34N4O2/c1-16-6-8-17(9-7-16)14-23-19(22-5)24-15-18-10-12-25(13-11-18)20(26)27-21(2,3)4/h6-9,18H,10-15H2,1-5H3,(H2,22,23,24). The number of aliphatic imine (C=N–C) groups is 1. The van der Waals surface area contributed by atoms with Crippen LogP contribution in [0.2, 0.25) is 0 Å². The Kier molecular flexibility index (Phi) is 7.51. The van der Waals surface area contributed by atoms with Gasteiger partial charge in [0.05, 0.1) is 0 Å². The number of carbonyl (C=O) groups is 1. The molecule has 6 nitrogen and oxygen atoms in total. The third kappa shape index (κ3) is 7.49. The highest BCUT2D eigenvalue weighted by molar-refractivity contribution is 5.79. The van der Waals surface area contributed by atoms with Gasteiger partial charge in [-0.05, 0) is 52.0 Å². The van der Waals surface area contributed by atoms with E-state index in [-0.39, 0.29) is 6.09 Å². The van der Waals surface area contributed by atoms with Crippen molar-refractivity contribution in [1.82, 2.24) is 15.5 Å². The maximum atomic E-state index is 12.1. The van der Waals surface area contributed by atoms with Gasteiger partial charge in [-0.2, -0.15) is 0 Å². The first-order valence-electron chi connectivity index (χ1n) is 9.75. The lowest BCUT2D eigenvalue weighted by molar-refractivity contribution is 0.0185. The molecule has 27 heavy (non-hydrogen) atoms. The molecule has 1 aromatic rings. The average molecular weight is 375 g/mol. The van der Waals surface area contributed by atoms with Gasteiger partial charge in [0.15, 0.2) is 5.96 Å². The summed E-state index contributed by atoms with van der Waals surface area (Å²) >= 11 is 0. The summed E-state index contributed by atoms with van der Waals surface area (Å²) < 4.78 is 5.45. The van der Waals surface area contributed by atoms with E-state index in [1.807, 2.05) is 25.7 Å². The number of amides is 1. The number of nitrogens with zero attached hydrogens (tertiary/aromatic N) is 2. The minimum Gasteiger partial charge on any atom is -0.444 e. The Morgan fingerprint density at radius 2 is 1.81 bits per heavy atom. The summed E-state index contributed by atoms with van der Waals surface area (Å²) in [4.78, 5) is 18.2. The van der Waals surface area contributed by atoms with Crippen LogP contribution in [0.15, 0.2) is 29.3 Å². The highest BCUT2D eigenvalue weighted by atomic mass is 16.6. The third-order valence-corrected chi connectivity index (χ3v) is 4.63. The number of likely N-dealkylation sites (tertiary alicyclic amines) is 1. The maximum absolute atomic E-state index is 12.1. The zero-order valence-corrected chi connectivity index (χ0v) is 17.3. The molecular formula is C21H34N4O2. The van der Waals surface area contributed by atoms with E-state index in [4.69, 9.17) is 4.74 Å². The van der Waals surface area contributed by atoms with E-state index in [0.29, 0.717) is 5.92 Å². The molecule has 2 rings (SSSR count).